The summed E-state index contributed by atoms with van der Waals surface area (Å²) in [6.07, 6.45) is 5.53. The van der Waals surface area contributed by atoms with Gasteiger partial charge in [0.05, 0.1) is 5.02 Å². The molecule has 0 radical (unpaired) electrons. The summed E-state index contributed by atoms with van der Waals surface area (Å²) in [6, 6.07) is 12.7. The van der Waals surface area contributed by atoms with E-state index in [1.807, 2.05) is 19.2 Å². The molecule has 94 valence electrons. The molecule has 2 nitrogen and oxygen atoms in total. The lowest BCUT2D eigenvalue weighted by Gasteiger charge is -2.17. The first-order valence-electron chi connectivity index (χ1n) is 6.12. The Hall–Kier alpha value is -1.38. The van der Waals surface area contributed by atoms with E-state index < -0.39 is 0 Å². The van der Waals surface area contributed by atoms with Crippen LogP contribution in [-0.2, 0) is 6.42 Å². The van der Waals surface area contributed by atoms with Gasteiger partial charge in [-0.2, -0.15) is 0 Å². The van der Waals surface area contributed by atoms with E-state index in [9.17, 15) is 0 Å². The maximum atomic E-state index is 6.18. The summed E-state index contributed by atoms with van der Waals surface area (Å²) in [5.41, 5.74) is 2.47. The Bertz CT molecular complexity index is 485. The molecule has 18 heavy (non-hydrogen) atoms. The number of hydrogen-bond acceptors (Lipinski definition) is 2. The maximum absolute atomic E-state index is 6.18. The van der Waals surface area contributed by atoms with Crippen LogP contribution in [0, 0.1) is 0 Å². The highest BCUT2D eigenvalue weighted by Gasteiger charge is 2.12. The van der Waals surface area contributed by atoms with E-state index >= 15 is 0 Å². The molecule has 1 aromatic heterocycles. The highest BCUT2D eigenvalue weighted by Crippen LogP contribution is 2.25. The summed E-state index contributed by atoms with van der Waals surface area (Å²) < 4.78 is 0. The Labute approximate surface area is 113 Å². The lowest BCUT2D eigenvalue weighted by atomic mass is 10.00. The van der Waals surface area contributed by atoms with Gasteiger partial charge in [-0.1, -0.05) is 41.9 Å². The van der Waals surface area contributed by atoms with E-state index in [0.29, 0.717) is 0 Å². The molecule has 1 atom stereocenters. The fourth-order valence-corrected chi connectivity index (χ4v) is 2.33. The first-order chi connectivity index (χ1) is 8.81. The van der Waals surface area contributed by atoms with Crippen molar-refractivity contribution in [3.05, 3.63) is 64.9 Å². The largest absolute Gasteiger partial charge is 0.313 e. The van der Waals surface area contributed by atoms with Gasteiger partial charge in [0.15, 0.2) is 0 Å². The molecule has 2 aromatic rings. The minimum atomic E-state index is 0.265. The van der Waals surface area contributed by atoms with Crippen molar-refractivity contribution in [2.45, 2.75) is 18.9 Å². The zero-order valence-corrected chi connectivity index (χ0v) is 11.2. The number of aromatic nitrogens is 1. The van der Waals surface area contributed by atoms with Gasteiger partial charge in [-0.05, 0) is 37.1 Å². The van der Waals surface area contributed by atoms with Crippen LogP contribution in [0.2, 0.25) is 5.02 Å². The van der Waals surface area contributed by atoms with E-state index in [2.05, 4.69) is 34.6 Å². The van der Waals surface area contributed by atoms with Crippen LogP contribution in [0.3, 0.4) is 0 Å². The number of nitrogens with one attached hydrogen (secondary N) is 1. The van der Waals surface area contributed by atoms with Crippen molar-refractivity contribution in [3.63, 3.8) is 0 Å². The van der Waals surface area contributed by atoms with E-state index in [1.165, 1.54) is 5.56 Å². The van der Waals surface area contributed by atoms with Gasteiger partial charge in [0.1, 0.15) is 0 Å². The summed E-state index contributed by atoms with van der Waals surface area (Å²) in [4.78, 5) is 4.02. The van der Waals surface area contributed by atoms with E-state index in [0.717, 1.165) is 23.4 Å². The third kappa shape index (κ3) is 3.31. The number of nitrogens with zero attached hydrogens (tertiary/aromatic N) is 1. The van der Waals surface area contributed by atoms with Crippen molar-refractivity contribution >= 4 is 11.6 Å². The Balaban J connectivity index is 2.04. The number of pyridine rings is 1. The van der Waals surface area contributed by atoms with Gasteiger partial charge in [-0.15, -0.1) is 0 Å². The molecule has 1 unspecified atom stereocenters. The standard InChI is InChI=1S/C15H17ClN2/c1-17-15(13-9-10-18-11-14(13)16)8-7-12-5-3-2-4-6-12/h2-6,9-11,15,17H,7-8H2,1H3. The van der Waals surface area contributed by atoms with Gasteiger partial charge in [0, 0.05) is 18.4 Å². The van der Waals surface area contributed by atoms with Crippen molar-refractivity contribution in [3.8, 4) is 0 Å². The molecular weight excluding hydrogens is 244 g/mol. The van der Waals surface area contributed by atoms with Gasteiger partial charge in [0.25, 0.3) is 0 Å². The molecular formula is C15H17ClN2. The lowest BCUT2D eigenvalue weighted by molar-refractivity contribution is 0.549. The first-order valence-corrected chi connectivity index (χ1v) is 6.49. The van der Waals surface area contributed by atoms with E-state index in [1.54, 1.807) is 12.4 Å². The predicted octanol–water partition coefficient (Wildman–Crippen LogP) is 3.63. The number of aryl methyl sites for hydroxylation is 1. The number of halogens is 1. The molecule has 0 bridgehead atoms. The molecule has 0 aliphatic heterocycles. The SMILES string of the molecule is CNC(CCc1ccccc1)c1ccncc1Cl. The summed E-state index contributed by atoms with van der Waals surface area (Å²) >= 11 is 6.18. The fourth-order valence-electron chi connectivity index (χ4n) is 2.08. The molecule has 0 spiro atoms. The molecule has 3 heteroatoms. The maximum Gasteiger partial charge on any atom is 0.0637 e. The van der Waals surface area contributed by atoms with E-state index in [-0.39, 0.29) is 6.04 Å². The summed E-state index contributed by atoms with van der Waals surface area (Å²) in [7, 11) is 1.96. The molecule has 0 amide bonds. The second kappa shape index (κ2) is 6.53. The Morgan fingerprint density at radius 2 is 2.00 bits per heavy atom. The van der Waals surface area contributed by atoms with Crippen LogP contribution >= 0.6 is 11.6 Å². The van der Waals surface area contributed by atoms with Crippen LogP contribution < -0.4 is 5.32 Å². The summed E-state index contributed by atoms with van der Waals surface area (Å²) in [5, 5.41) is 4.04. The van der Waals surface area contributed by atoms with Crippen LogP contribution in [0.4, 0.5) is 0 Å². The third-order valence-electron chi connectivity index (χ3n) is 3.09. The van der Waals surface area contributed by atoms with E-state index in [4.69, 9.17) is 11.6 Å². The number of hydrogen-bond donors (Lipinski definition) is 1. The molecule has 0 aliphatic rings. The summed E-state index contributed by atoms with van der Waals surface area (Å²) in [5.74, 6) is 0. The number of benzene rings is 1. The highest BCUT2D eigenvalue weighted by atomic mass is 35.5. The molecule has 2 rings (SSSR count). The van der Waals surface area contributed by atoms with Gasteiger partial charge >= 0.3 is 0 Å². The monoisotopic (exact) mass is 260 g/mol. The molecule has 0 aliphatic carbocycles. The minimum absolute atomic E-state index is 0.265. The molecule has 1 heterocycles. The van der Waals surface area contributed by atoms with Crippen molar-refractivity contribution in [1.82, 2.24) is 10.3 Å². The Kier molecular flexibility index (Phi) is 4.73. The van der Waals surface area contributed by atoms with Crippen LogP contribution in [0.5, 0.6) is 0 Å². The topological polar surface area (TPSA) is 24.9 Å². The quantitative estimate of drug-likeness (QED) is 0.888. The molecule has 0 fully saturated rings. The van der Waals surface area contributed by atoms with Crippen molar-refractivity contribution in [1.29, 1.82) is 0 Å². The zero-order chi connectivity index (χ0) is 12.8. The van der Waals surface area contributed by atoms with Gasteiger partial charge in [0.2, 0.25) is 0 Å². The molecule has 1 aromatic carbocycles. The average molecular weight is 261 g/mol. The molecule has 0 saturated carbocycles. The second-order valence-corrected chi connectivity index (χ2v) is 4.67. The zero-order valence-electron chi connectivity index (χ0n) is 10.4. The average Bonchev–Trinajstić information content (AvgIpc) is 2.42. The van der Waals surface area contributed by atoms with Crippen LogP contribution in [0.15, 0.2) is 48.8 Å². The smallest absolute Gasteiger partial charge is 0.0637 e. The second-order valence-electron chi connectivity index (χ2n) is 4.26. The van der Waals surface area contributed by atoms with Crippen LogP contribution in [0.1, 0.15) is 23.6 Å². The predicted molar refractivity (Wildman–Crippen MR) is 75.8 cm³/mol. The van der Waals surface area contributed by atoms with Gasteiger partial charge in [-0.3, -0.25) is 4.98 Å². The Morgan fingerprint density at radius 1 is 1.22 bits per heavy atom. The summed E-state index contributed by atoms with van der Waals surface area (Å²) in [6.45, 7) is 0. The van der Waals surface area contributed by atoms with Gasteiger partial charge in [-0.25, -0.2) is 0 Å². The number of rotatable bonds is 5. The van der Waals surface area contributed by atoms with Crippen LogP contribution in [0.25, 0.3) is 0 Å². The van der Waals surface area contributed by atoms with Crippen molar-refractivity contribution in [2.75, 3.05) is 7.05 Å². The fraction of sp³-hybridized carbons (Fsp3) is 0.267. The highest BCUT2D eigenvalue weighted by molar-refractivity contribution is 6.31. The van der Waals surface area contributed by atoms with Crippen molar-refractivity contribution in [2.24, 2.45) is 0 Å². The minimum Gasteiger partial charge on any atom is -0.313 e. The third-order valence-corrected chi connectivity index (χ3v) is 3.41. The lowest BCUT2D eigenvalue weighted by Crippen LogP contribution is -2.17. The van der Waals surface area contributed by atoms with Crippen LogP contribution in [-0.4, -0.2) is 12.0 Å². The van der Waals surface area contributed by atoms with Crippen molar-refractivity contribution < 1.29 is 0 Å². The van der Waals surface area contributed by atoms with Gasteiger partial charge < -0.3 is 5.32 Å². The first kappa shape index (κ1) is 13.1. The Morgan fingerprint density at radius 3 is 2.67 bits per heavy atom. The normalized spacial score (nSPS) is 12.3. The molecule has 0 saturated heterocycles. The molecule has 1 N–H and O–H groups in total.